The summed E-state index contributed by atoms with van der Waals surface area (Å²) in [6.45, 7) is -0.796. The predicted molar refractivity (Wildman–Crippen MR) is 79.2 cm³/mol. The number of amides is 1. The molecule has 1 aliphatic heterocycles. The van der Waals surface area contributed by atoms with Crippen LogP contribution in [0.25, 0.3) is 0 Å². The fraction of sp³-hybridized carbons (Fsp3) is 0.812. The summed E-state index contributed by atoms with van der Waals surface area (Å²) in [5.41, 5.74) is -0.909. The van der Waals surface area contributed by atoms with Crippen LogP contribution in [0.3, 0.4) is 0 Å². The summed E-state index contributed by atoms with van der Waals surface area (Å²) in [7, 11) is 0. The molecule has 0 spiro atoms. The minimum atomic E-state index is -3.01. The Balaban J connectivity index is 1.58. The maximum atomic E-state index is 13.4. The number of hydrogen-bond acceptors (Lipinski definition) is 4. The zero-order chi connectivity index (χ0) is 17.6. The van der Waals surface area contributed by atoms with Crippen molar-refractivity contribution < 1.29 is 23.5 Å². The molecule has 6 nitrogen and oxygen atoms in total. The number of carboxylic acids is 1. The monoisotopic (exact) mass is 341 g/mol. The number of carboxylic acid groups (broad SMARTS) is 1. The molecule has 8 heteroatoms. The third-order valence-electron chi connectivity index (χ3n) is 6.05. The topological polar surface area (TPSA) is 93.4 Å². The van der Waals surface area contributed by atoms with Gasteiger partial charge in [0.15, 0.2) is 0 Å². The minimum absolute atomic E-state index is 0.0890. The standard InChI is InChI=1S/C16H21F2N3O3/c17-16(18)7-11(8-19)21(10-16)12(22)9-20-15-4-1-14(2-5-15,3-6-15)13(23)24/h11,20H,1-7,9-10H2,(H,23,24)/t11-,14?,15?/m0/s1. The van der Waals surface area contributed by atoms with Gasteiger partial charge in [0.2, 0.25) is 5.91 Å². The van der Waals surface area contributed by atoms with E-state index in [1.807, 2.05) is 0 Å². The van der Waals surface area contributed by atoms with Crippen LogP contribution in [0.4, 0.5) is 8.78 Å². The number of nitrogens with zero attached hydrogens (tertiary/aromatic N) is 2. The molecule has 1 heterocycles. The molecule has 4 fully saturated rings. The van der Waals surface area contributed by atoms with Crippen molar-refractivity contribution in [3.05, 3.63) is 0 Å². The molecule has 1 atom stereocenters. The molecule has 1 amide bonds. The first-order valence-electron chi connectivity index (χ1n) is 8.26. The van der Waals surface area contributed by atoms with Gasteiger partial charge in [0.05, 0.1) is 24.6 Å². The van der Waals surface area contributed by atoms with Crippen LogP contribution in [0.2, 0.25) is 0 Å². The van der Waals surface area contributed by atoms with Crippen LogP contribution < -0.4 is 5.32 Å². The molecule has 2 N–H and O–H groups in total. The highest BCUT2D eigenvalue weighted by atomic mass is 19.3. The second-order valence-electron chi connectivity index (χ2n) is 7.45. The number of nitriles is 1. The number of hydrogen-bond donors (Lipinski definition) is 2. The fourth-order valence-electron chi connectivity index (χ4n) is 4.33. The normalized spacial score (nSPS) is 37.2. The summed E-state index contributed by atoms with van der Waals surface area (Å²) in [5.74, 6) is -4.25. The quantitative estimate of drug-likeness (QED) is 0.808. The van der Waals surface area contributed by atoms with E-state index in [4.69, 9.17) is 5.26 Å². The van der Waals surface area contributed by atoms with E-state index >= 15 is 0 Å². The van der Waals surface area contributed by atoms with Gasteiger partial charge < -0.3 is 15.3 Å². The molecule has 0 aromatic carbocycles. The lowest BCUT2D eigenvalue weighted by Crippen LogP contribution is -2.58. The molecule has 3 aliphatic carbocycles. The van der Waals surface area contributed by atoms with Gasteiger partial charge in [0, 0.05) is 12.0 Å². The fourth-order valence-corrected chi connectivity index (χ4v) is 4.33. The Bertz CT molecular complexity index is 577. The van der Waals surface area contributed by atoms with E-state index < -0.39 is 42.2 Å². The molecule has 0 aromatic heterocycles. The first-order chi connectivity index (χ1) is 11.2. The first-order valence-corrected chi connectivity index (χ1v) is 8.26. The summed E-state index contributed by atoms with van der Waals surface area (Å²) in [5, 5.41) is 21.5. The Kier molecular flexibility index (Phi) is 4.03. The van der Waals surface area contributed by atoms with Gasteiger partial charge in [-0.05, 0) is 38.5 Å². The number of rotatable bonds is 4. The maximum Gasteiger partial charge on any atom is 0.309 e. The molecule has 0 aromatic rings. The number of alkyl halides is 2. The molecular weight excluding hydrogens is 320 g/mol. The van der Waals surface area contributed by atoms with Crippen molar-refractivity contribution in [1.29, 1.82) is 5.26 Å². The van der Waals surface area contributed by atoms with E-state index in [2.05, 4.69) is 5.32 Å². The summed E-state index contributed by atoms with van der Waals surface area (Å²) >= 11 is 0. The van der Waals surface area contributed by atoms with Gasteiger partial charge in [-0.15, -0.1) is 0 Å². The van der Waals surface area contributed by atoms with Crippen molar-refractivity contribution in [2.24, 2.45) is 5.41 Å². The van der Waals surface area contributed by atoms with Crippen molar-refractivity contribution in [2.75, 3.05) is 13.1 Å². The Morgan fingerprint density at radius 1 is 1.21 bits per heavy atom. The highest BCUT2D eigenvalue weighted by Gasteiger charge is 2.53. The molecule has 4 aliphatic rings. The lowest BCUT2D eigenvalue weighted by atomic mass is 9.57. The number of carbonyl (C=O) groups is 2. The van der Waals surface area contributed by atoms with Crippen molar-refractivity contribution in [1.82, 2.24) is 10.2 Å². The van der Waals surface area contributed by atoms with E-state index in [1.54, 1.807) is 6.07 Å². The third kappa shape index (κ3) is 2.86. The van der Waals surface area contributed by atoms with E-state index in [-0.39, 0.29) is 12.1 Å². The maximum absolute atomic E-state index is 13.4. The smallest absolute Gasteiger partial charge is 0.309 e. The molecule has 1 saturated heterocycles. The van der Waals surface area contributed by atoms with E-state index in [0.29, 0.717) is 38.5 Å². The SMILES string of the molecule is N#C[C@@H]1CC(F)(F)CN1C(=O)CNC12CCC(C(=O)O)(CC1)CC2. The number of aliphatic carboxylic acids is 1. The molecule has 4 rings (SSSR count). The van der Waals surface area contributed by atoms with Crippen LogP contribution >= 0.6 is 0 Å². The molecule has 132 valence electrons. The average molecular weight is 341 g/mol. The van der Waals surface area contributed by atoms with Gasteiger partial charge in [-0.2, -0.15) is 5.26 Å². The first kappa shape index (κ1) is 17.1. The van der Waals surface area contributed by atoms with Crippen LogP contribution in [-0.4, -0.2) is 52.5 Å². The summed E-state index contributed by atoms with van der Waals surface area (Å²) < 4.78 is 26.9. The lowest BCUT2D eigenvalue weighted by molar-refractivity contribution is -0.157. The highest BCUT2D eigenvalue weighted by molar-refractivity contribution is 5.79. The van der Waals surface area contributed by atoms with Crippen molar-refractivity contribution in [3.63, 3.8) is 0 Å². The molecule has 0 unspecified atom stereocenters. The predicted octanol–water partition coefficient (Wildman–Crippen LogP) is 1.51. The Labute approximate surface area is 138 Å². The highest BCUT2D eigenvalue weighted by Crippen LogP contribution is 2.52. The molecule has 2 bridgehead atoms. The third-order valence-corrected chi connectivity index (χ3v) is 6.05. The van der Waals surface area contributed by atoms with Crippen LogP contribution in [0.5, 0.6) is 0 Å². The summed E-state index contributed by atoms with van der Waals surface area (Å²) in [6.07, 6.45) is 3.13. The van der Waals surface area contributed by atoms with Crippen LogP contribution in [0, 0.1) is 16.7 Å². The second kappa shape index (κ2) is 5.66. The van der Waals surface area contributed by atoms with Crippen molar-refractivity contribution in [2.45, 2.75) is 62.4 Å². The van der Waals surface area contributed by atoms with Gasteiger partial charge in [0.1, 0.15) is 6.04 Å². The summed E-state index contributed by atoms with van der Waals surface area (Å²) in [4.78, 5) is 24.7. The zero-order valence-corrected chi connectivity index (χ0v) is 13.4. The van der Waals surface area contributed by atoms with Gasteiger partial charge in [0.25, 0.3) is 5.92 Å². The summed E-state index contributed by atoms with van der Waals surface area (Å²) in [6, 6.07) is 0.690. The largest absolute Gasteiger partial charge is 0.481 e. The van der Waals surface area contributed by atoms with E-state index in [1.165, 1.54) is 0 Å². The number of likely N-dealkylation sites (tertiary alicyclic amines) is 1. The van der Waals surface area contributed by atoms with Gasteiger partial charge in [-0.25, -0.2) is 8.78 Å². The number of fused-ring (bicyclic) bond motifs is 3. The lowest BCUT2D eigenvalue weighted by Gasteiger charge is -2.51. The number of carbonyl (C=O) groups excluding carboxylic acids is 1. The van der Waals surface area contributed by atoms with Gasteiger partial charge in [-0.3, -0.25) is 9.59 Å². The zero-order valence-electron chi connectivity index (χ0n) is 13.4. The minimum Gasteiger partial charge on any atom is -0.481 e. The van der Waals surface area contributed by atoms with Crippen LogP contribution in [-0.2, 0) is 9.59 Å². The van der Waals surface area contributed by atoms with Crippen LogP contribution in [0.15, 0.2) is 0 Å². The second-order valence-corrected chi connectivity index (χ2v) is 7.45. The average Bonchev–Trinajstić information content (AvgIpc) is 2.89. The van der Waals surface area contributed by atoms with E-state index in [9.17, 15) is 23.5 Å². The van der Waals surface area contributed by atoms with Crippen molar-refractivity contribution >= 4 is 11.9 Å². The van der Waals surface area contributed by atoms with Gasteiger partial charge in [-0.1, -0.05) is 0 Å². The van der Waals surface area contributed by atoms with Crippen LogP contribution in [0.1, 0.15) is 44.9 Å². The molecule has 24 heavy (non-hydrogen) atoms. The number of nitrogens with one attached hydrogen (secondary N) is 1. The Morgan fingerprint density at radius 3 is 2.29 bits per heavy atom. The Morgan fingerprint density at radius 2 is 1.79 bits per heavy atom. The van der Waals surface area contributed by atoms with Gasteiger partial charge >= 0.3 is 5.97 Å². The molecular formula is C16H21F2N3O3. The molecule has 3 saturated carbocycles. The Hall–Kier alpha value is -1.75. The van der Waals surface area contributed by atoms with Crippen molar-refractivity contribution in [3.8, 4) is 6.07 Å². The van der Waals surface area contributed by atoms with E-state index in [0.717, 1.165) is 4.90 Å². The number of halogens is 2. The molecule has 0 radical (unpaired) electrons.